The molecule has 1 nitrogen and oxygen atoms in total. The minimum absolute atomic E-state index is 0.0858. The summed E-state index contributed by atoms with van der Waals surface area (Å²) in [5.74, 6) is 0.955. The summed E-state index contributed by atoms with van der Waals surface area (Å²) < 4.78 is 5.80. The molecule has 3 rings (SSSR count). The fraction of sp³-hybridized carbons (Fsp3) is 0.200. The smallest absolute Gasteiger partial charge is 0.166 e. The van der Waals surface area contributed by atoms with Crippen molar-refractivity contribution in [3.05, 3.63) is 97.6 Å². The maximum Gasteiger partial charge on any atom is 0.166 e. The van der Waals surface area contributed by atoms with E-state index in [9.17, 15) is 0 Å². The number of hydrogen-bond acceptors (Lipinski definition) is 1. The van der Waals surface area contributed by atoms with E-state index >= 15 is 0 Å². The Labute approximate surface area is 167 Å². The molecule has 3 aromatic rings. The second-order valence-corrected chi connectivity index (χ2v) is 8.04. The van der Waals surface area contributed by atoms with Gasteiger partial charge < -0.3 is 4.74 Å². The lowest BCUT2D eigenvalue weighted by atomic mass is 10.3. The first-order valence-electron chi connectivity index (χ1n) is 9.44. The van der Waals surface area contributed by atoms with E-state index in [0.29, 0.717) is 0 Å². The van der Waals surface area contributed by atoms with Crippen molar-refractivity contribution in [2.75, 3.05) is 6.61 Å². The Hall–Kier alpha value is -2.45. The van der Waals surface area contributed by atoms with Gasteiger partial charge in [0.2, 0.25) is 0 Å². The standard InChI is InChI=1S/C22H23OS.C3H6/c1-2-3-18-23-19-14-16-22(17-15-19)24(20-10-6-4-7-11-20)21-12-8-5-9-13-21;1-3-2/h4-17H,2-3,18H2,1H3;3H,1H2,2H3/q+1;. The molecule has 0 saturated carbocycles. The van der Waals surface area contributed by atoms with Crippen LogP contribution in [0.3, 0.4) is 0 Å². The van der Waals surface area contributed by atoms with Crippen molar-refractivity contribution in [3.8, 4) is 5.75 Å². The lowest BCUT2D eigenvalue weighted by Crippen LogP contribution is -2.04. The Morgan fingerprint density at radius 3 is 1.67 bits per heavy atom. The van der Waals surface area contributed by atoms with E-state index in [0.717, 1.165) is 25.2 Å². The molecule has 0 radical (unpaired) electrons. The average molecular weight is 378 g/mol. The van der Waals surface area contributed by atoms with Crippen molar-refractivity contribution in [3.63, 3.8) is 0 Å². The third-order valence-corrected chi connectivity index (χ3v) is 6.01. The highest BCUT2D eigenvalue weighted by molar-refractivity contribution is 7.97. The molecule has 27 heavy (non-hydrogen) atoms. The van der Waals surface area contributed by atoms with Crippen LogP contribution < -0.4 is 4.74 Å². The molecule has 0 bridgehead atoms. The van der Waals surface area contributed by atoms with Crippen LogP contribution in [0.15, 0.2) is 112 Å². The van der Waals surface area contributed by atoms with Gasteiger partial charge in [-0.05, 0) is 61.9 Å². The second-order valence-electron chi connectivity index (χ2n) is 6.01. The maximum absolute atomic E-state index is 5.80. The van der Waals surface area contributed by atoms with Crippen LogP contribution in [0.1, 0.15) is 26.7 Å². The van der Waals surface area contributed by atoms with Gasteiger partial charge in [0.1, 0.15) is 5.75 Å². The Balaban J connectivity index is 0.000000817. The molecule has 2 heteroatoms. The van der Waals surface area contributed by atoms with Crippen LogP contribution in [0.5, 0.6) is 5.75 Å². The average Bonchev–Trinajstić information content (AvgIpc) is 2.72. The van der Waals surface area contributed by atoms with E-state index in [2.05, 4.69) is 98.4 Å². The van der Waals surface area contributed by atoms with Crippen molar-refractivity contribution in [2.24, 2.45) is 0 Å². The topological polar surface area (TPSA) is 9.23 Å². The van der Waals surface area contributed by atoms with Crippen LogP contribution in [-0.4, -0.2) is 6.61 Å². The lowest BCUT2D eigenvalue weighted by molar-refractivity contribution is 0.309. The summed E-state index contributed by atoms with van der Waals surface area (Å²) in [5, 5.41) is 0. The molecule has 0 heterocycles. The van der Waals surface area contributed by atoms with E-state index in [-0.39, 0.29) is 10.9 Å². The summed E-state index contributed by atoms with van der Waals surface area (Å²) in [6.07, 6.45) is 4.00. The number of hydrogen-bond donors (Lipinski definition) is 0. The molecule has 0 aromatic heterocycles. The Morgan fingerprint density at radius 2 is 1.22 bits per heavy atom. The molecule has 0 saturated heterocycles. The number of benzene rings is 3. The first-order valence-corrected chi connectivity index (χ1v) is 10.7. The fourth-order valence-corrected chi connectivity index (χ4v) is 4.61. The Kier molecular flexibility index (Phi) is 9.29. The van der Waals surface area contributed by atoms with Gasteiger partial charge in [0.15, 0.2) is 14.7 Å². The summed E-state index contributed by atoms with van der Waals surface area (Å²) >= 11 is 0. The monoisotopic (exact) mass is 377 g/mol. The van der Waals surface area contributed by atoms with E-state index in [1.807, 2.05) is 6.92 Å². The molecular formula is C25H29OS+. The molecule has 0 unspecified atom stereocenters. The highest BCUT2D eigenvalue weighted by atomic mass is 32.2. The van der Waals surface area contributed by atoms with E-state index < -0.39 is 0 Å². The zero-order chi connectivity index (χ0) is 19.3. The summed E-state index contributed by atoms with van der Waals surface area (Å²) in [4.78, 5) is 3.99. The zero-order valence-corrected chi connectivity index (χ0v) is 17.1. The van der Waals surface area contributed by atoms with Gasteiger partial charge in [0.25, 0.3) is 0 Å². The molecule has 3 aromatic carbocycles. The van der Waals surface area contributed by atoms with Crippen LogP contribution in [0, 0.1) is 0 Å². The van der Waals surface area contributed by atoms with E-state index in [4.69, 9.17) is 4.74 Å². The summed E-state index contributed by atoms with van der Waals surface area (Å²) in [5.41, 5.74) is 0. The van der Waals surface area contributed by atoms with Crippen LogP contribution in [-0.2, 0) is 10.9 Å². The van der Waals surface area contributed by atoms with Gasteiger partial charge >= 0.3 is 0 Å². The fourth-order valence-electron chi connectivity index (χ4n) is 2.53. The van der Waals surface area contributed by atoms with Crippen LogP contribution in [0.25, 0.3) is 0 Å². The molecule has 0 amide bonds. The normalized spacial score (nSPS) is 10.0. The SMILES string of the molecule is C=CC.CCCCOc1ccc([S+](c2ccccc2)c2ccccc2)cc1. The highest BCUT2D eigenvalue weighted by Crippen LogP contribution is 2.31. The first-order chi connectivity index (χ1) is 13.3. The molecule has 0 atom stereocenters. The third-order valence-electron chi connectivity index (χ3n) is 3.78. The molecule has 0 aliphatic carbocycles. The largest absolute Gasteiger partial charge is 0.494 e. The predicted octanol–water partition coefficient (Wildman–Crippen LogP) is 7.15. The number of ether oxygens (including phenoxy) is 1. The number of unbranched alkanes of at least 4 members (excludes halogenated alkanes) is 1. The summed E-state index contributed by atoms with van der Waals surface area (Å²) in [7, 11) is -0.0858. The molecular weight excluding hydrogens is 348 g/mol. The first kappa shape index (κ1) is 20.9. The molecule has 140 valence electrons. The molecule has 0 aliphatic heterocycles. The molecule has 0 N–H and O–H groups in total. The quantitative estimate of drug-likeness (QED) is 0.241. The number of allylic oxidation sites excluding steroid dienone is 1. The van der Waals surface area contributed by atoms with Gasteiger partial charge in [-0.1, -0.05) is 55.8 Å². The van der Waals surface area contributed by atoms with Gasteiger partial charge in [-0.25, -0.2) is 0 Å². The van der Waals surface area contributed by atoms with E-state index in [1.54, 1.807) is 6.08 Å². The number of rotatable bonds is 7. The van der Waals surface area contributed by atoms with Gasteiger partial charge in [0, 0.05) is 0 Å². The highest BCUT2D eigenvalue weighted by Gasteiger charge is 2.28. The van der Waals surface area contributed by atoms with Crippen LogP contribution >= 0.6 is 0 Å². The zero-order valence-electron chi connectivity index (χ0n) is 16.3. The minimum Gasteiger partial charge on any atom is -0.494 e. The molecule has 0 aliphatic rings. The van der Waals surface area contributed by atoms with Crippen molar-refractivity contribution < 1.29 is 4.74 Å². The van der Waals surface area contributed by atoms with Gasteiger partial charge in [-0.2, -0.15) is 0 Å². The van der Waals surface area contributed by atoms with Crippen LogP contribution in [0.4, 0.5) is 0 Å². The second kappa shape index (κ2) is 12.0. The predicted molar refractivity (Wildman–Crippen MR) is 118 cm³/mol. The maximum atomic E-state index is 5.80. The van der Waals surface area contributed by atoms with E-state index in [1.165, 1.54) is 14.7 Å². The Bertz CT molecular complexity index is 727. The van der Waals surface area contributed by atoms with Crippen molar-refractivity contribution in [2.45, 2.75) is 41.4 Å². The minimum atomic E-state index is -0.0858. The molecule has 0 spiro atoms. The summed E-state index contributed by atoms with van der Waals surface area (Å²) in [6.45, 7) is 8.22. The van der Waals surface area contributed by atoms with Crippen molar-refractivity contribution >= 4 is 10.9 Å². The Morgan fingerprint density at radius 1 is 0.778 bits per heavy atom. The summed E-state index contributed by atoms with van der Waals surface area (Å²) in [6, 6.07) is 30.0. The van der Waals surface area contributed by atoms with Crippen molar-refractivity contribution in [1.82, 2.24) is 0 Å². The van der Waals surface area contributed by atoms with Gasteiger partial charge in [0.05, 0.1) is 17.5 Å². The van der Waals surface area contributed by atoms with Crippen molar-refractivity contribution in [1.29, 1.82) is 0 Å². The lowest BCUT2D eigenvalue weighted by Gasteiger charge is -2.09. The van der Waals surface area contributed by atoms with Gasteiger partial charge in [-0.15, -0.1) is 6.58 Å². The third kappa shape index (κ3) is 6.65. The molecule has 0 fully saturated rings. The van der Waals surface area contributed by atoms with Gasteiger partial charge in [-0.3, -0.25) is 0 Å². The van der Waals surface area contributed by atoms with Crippen LogP contribution in [0.2, 0.25) is 0 Å².